The van der Waals surface area contributed by atoms with Crippen molar-refractivity contribution in [2.24, 2.45) is 0 Å². The zero-order chi connectivity index (χ0) is 8.81. The van der Waals surface area contributed by atoms with Crippen LogP contribution in [0.2, 0.25) is 0 Å². The van der Waals surface area contributed by atoms with Crippen molar-refractivity contribution >= 4 is 0 Å². The van der Waals surface area contributed by atoms with Crippen LogP contribution in [0.4, 0.5) is 0 Å². The van der Waals surface area contributed by atoms with Crippen molar-refractivity contribution < 1.29 is 4.74 Å². The van der Waals surface area contributed by atoms with Gasteiger partial charge < -0.3 is 14.6 Å². The lowest BCUT2D eigenvalue weighted by Gasteiger charge is -2.08. The number of hydrogen-bond donors (Lipinski definition) is 1. The third-order valence-corrected chi connectivity index (χ3v) is 1.58. The van der Waals surface area contributed by atoms with Gasteiger partial charge in [0.1, 0.15) is 0 Å². The molecule has 0 atom stereocenters. The van der Waals surface area contributed by atoms with Gasteiger partial charge in [0.25, 0.3) is 0 Å². The predicted molar refractivity (Wildman–Crippen MR) is 49.5 cm³/mol. The van der Waals surface area contributed by atoms with Gasteiger partial charge in [-0.05, 0) is 32.6 Å². The summed E-state index contributed by atoms with van der Waals surface area (Å²) >= 11 is 0. The first-order valence-electron chi connectivity index (χ1n) is 4.20. The summed E-state index contributed by atoms with van der Waals surface area (Å²) < 4.78 is 5.41. The van der Waals surface area contributed by atoms with Crippen LogP contribution < -0.4 is 4.74 Å². The molecule has 1 rings (SSSR count). The van der Waals surface area contributed by atoms with Gasteiger partial charge in [-0.25, -0.2) is 0 Å². The van der Waals surface area contributed by atoms with Gasteiger partial charge in [0.05, 0.1) is 6.61 Å². The smallest absolute Gasteiger partial charge is 0.190 e. The number of ether oxygens (including phenoxy) is 1. The number of hydrogen-bond acceptors (Lipinski definition) is 2. The Labute approximate surface area is 73.3 Å². The van der Waals surface area contributed by atoms with Crippen molar-refractivity contribution in [3.05, 3.63) is 18.3 Å². The van der Waals surface area contributed by atoms with Crippen LogP contribution >= 0.6 is 0 Å². The van der Waals surface area contributed by atoms with Gasteiger partial charge in [0.15, 0.2) is 5.88 Å². The highest BCUT2D eigenvalue weighted by atomic mass is 16.5. The molecule has 0 spiro atoms. The van der Waals surface area contributed by atoms with E-state index in [1.165, 1.54) is 0 Å². The molecule has 1 aromatic heterocycles. The lowest BCUT2D eigenvalue weighted by Crippen LogP contribution is -2.15. The normalized spacial score (nSPS) is 10.6. The Kier molecular flexibility index (Phi) is 3.67. The predicted octanol–water partition coefficient (Wildman–Crippen LogP) is 1.35. The van der Waals surface area contributed by atoms with Crippen LogP contribution in [0.25, 0.3) is 0 Å². The molecule has 0 aromatic carbocycles. The molecule has 0 amide bonds. The Bertz CT molecular complexity index is 194. The lowest BCUT2D eigenvalue weighted by molar-refractivity contribution is 0.274. The van der Waals surface area contributed by atoms with E-state index in [2.05, 4.69) is 24.0 Å². The first-order chi connectivity index (χ1) is 5.79. The maximum absolute atomic E-state index is 5.41. The molecule has 0 aliphatic heterocycles. The summed E-state index contributed by atoms with van der Waals surface area (Å²) in [6.07, 6.45) is 2.92. The van der Waals surface area contributed by atoms with Crippen LogP contribution in [0.1, 0.15) is 6.42 Å². The van der Waals surface area contributed by atoms with Crippen LogP contribution in [0.3, 0.4) is 0 Å². The summed E-state index contributed by atoms with van der Waals surface area (Å²) in [4.78, 5) is 5.14. The fourth-order valence-electron chi connectivity index (χ4n) is 0.967. The van der Waals surface area contributed by atoms with Gasteiger partial charge >= 0.3 is 0 Å². The second-order valence-corrected chi connectivity index (χ2v) is 3.04. The number of nitrogens with one attached hydrogen (secondary N) is 1. The van der Waals surface area contributed by atoms with Gasteiger partial charge in [0, 0.05) is 12.7 Å². The summed E-state index contributed by atoms with van der Waals surface area (Å²) in [6, 6.07) is 3.86. The minimum Gasteiger partial charge on any atom is -0.479 e. The fourth-order valence-corrected chi connectivity index (χ4v) is 0.967. The zero-order valence-electron chi connectivity index (χ0n) is 7.71. The van der Waals surface area contributed by atoms with E-state index in [0.29, 0.717) is 0 Å². The van der Waals surface area contributed by atoms with E-state index in [4.69, 9.17) is 4.74 Å². The quantitative estimate of drug-likeness (QED) is 0.672. The van der Waals surface area contributed by atoms with Crippen LogP contribution in [0.5, 0.6) is 5.88 Å². The van der Waals surface area contributed by atoms with Gasteiger partial charge in [-0.1, -0.05) is 0 Å². The molecule has 0 aliphatic rings. The van der Waals surface area contributed by atoms with Crippen LogP contribution in [-0.4, -0.2) is 37.1 Å². The molecule has 3 heteroatoms. The van der Waals surface area contributed by atoms with Crippen LogP contribution in [0.15, 0.2) is 18.3 Å². The second-order valence-electron chi connectivity index (χ2n) is 3.04. The molecule has 0 bridgehead atoms. The van der Waals surface area contributed by atoms with Gasteiger partial charge in [-0.2, -0.15) is 0 Å². The molecule has 0 aliphatic carbocycles. The van der Waals surface area contributed by atoms with E-state index in [1.807, 2.05) is 18.3 Å². The maximum atomic E-state index is 5.41. The Morgan fingerprint density at radius 2 is 2.33 bits per heavy atom. The molecule has 1 N–H and O–H groups in total. The van der Waals surface area contributed by atoms with Crippen molar-refractivity contribution in [1.29, 1.82) is 0 Å². The number of nitrogens with zero attached hydrogens (tertiary/aromatic N) is 1. The molecule has 1 heterocycles. The molecule has 68 valence electrons. The highest BCUT2D eigenvalue weighted by Gasteiger charge is 1.93. The average molecular weight is 168 g/mol. The molecule has 12 heavy (non-hydrogen) atoms. The first-order valence-corrected chi connectivity index (χ1v) is 4.20. The molecule has 0 radical (unpaired) electrons. The highest BCUT2D eigenvalue weighted by molar-refractivity contribution is 5.09. The Balaban J connectivity index is 2.04. The lowest BCUT2D eigenvalue weighted by atomic mass is 10.4. The Hall–Kier alpha value is -0.960. The van der Waals surface area contributed by atoms with Gasteiger partial charge in [-0.15, -0.1) is 0 Å². The van der Waals surface area contributed by atoms with Crippen molar-refractivity contribution in [3.8, 4) is 5.88 Å². The maximum Gasteiger partial charge on any atom is 0.190 e. The molecule has 1 aromatic rings. The highest BCUT2D eigenvalue weighted by Crippen LogP contribution is 2.04. The SMILES string of the molecule is CN(C)CCCOc1ccc[nH]1. The summed E-state index contributed by atoms with van der Waals surface area (Å²) in [6.45, 7) is 1.85. The van der Waals surface area contributed by atoms with Crippen LogP contribution in [0, 0.1) is 0 Å². The third-order valence-electron chi connectivity index (χ3n) is 1.58. The molecule has 0 fully saturated rings. The zero-order valence-corrected chi connectivity index (χ0v) is 7.71. The third kappa shape index (κ3) is 3.44. The Morgan fingerprint density at radius 1 is 1.50 bits per heavy atom. The van der Waals surface area contributed by atoms with E-state index in [-0.39, 0.29) is 0 Å². The fraction of sp³-hybridized carbons (Fsp3) is 0.556. The van der Waals surface area contributed by atoms with Gasteiger partial charge in [0.2, 0.25) is 0 Å². The standard InChI is InChI=1S/C9H16N2O/c1-11(2)7-4-8-12-9-5-3-6-10-9/h3,5-6,10H,4,7-8H2,1-2H3. The van der Waals surface area contributed by atoms with E-state index in [9.17, 15) is 0 Å². The minimum absolute atomic E-state index is 0.776. The van der Waals surface area contributed by atoms with E-state index in [1.54, 1.807) is 0 Å². The van der Waals surface area contributed by atoms with Crippen molar-refractivity contribution in [2.75, 3.05) is 27.2 Å². The van der Waals surface area contributed by atoms with E-state index < -0.39 is 0 Å². The Morgan fingerprint density at radius 3 is 2.92 bits per heavy atom. The first kappa shape index (κ1) is 9.13. The largest absolute Gasteiger partial charge is 0.479 e. The number of aromatic nitrogens is 1. The molecule has 3 nitrogen and oxygen atoms in total. The molecule has 0 unspecified atom stereocenters. The minimum atomic E-state index is 0.776. The number of aromatic amines is 1. The summed E-state index contributed by atoms with van der Waals surface area (Å²) in [7, 11) is 4.13. The van der Waals surface area contributed by atoms with Crippen molar-refractivity contribution in [1.82, 2.24) is 9.88 Å². The van der Waals surface area contributed by atoms with Crippen LogP contribution in [-0.2, 0) is 0 Å². The topological polar surface area (TPSA) is 28.3 Å². The summed E-state index contributed by atoms with van der Waals surface area (Å²) in [5.41, 5.74) is 0. The molecular formula is C9H16N2O. The van der Waals surface area contributed by atoms with E-state index in [0.717, 1.165) is 25.5 Å². The summed E-state index contributed by atoms with van der Waals surface area (Å²) in [5.74, 6) is 0.855. The monoisotopic (exact) mass is 168 g/mol. The van der Waals surface area contributed by atoms with E-state index >= 15 is 0 Å². The number of H-pyrrole nitrogens is 1. The van der Waals surface area contributed by atoms with Crippen molar-refractivity contribution in [3.63, 3.8) is 0 Å². The molecule has 0 saturated heterocycles. The number of rotatable bonds is 5. The average Bonchev–Trinajstić information content (AvgIpc) is 2.49. The van der Waals surface area contributed by atoms with Gasteiger partial charge in [-0.3, -0.25) is 0 Å². The molecular weight excluding hydrogens is 152 g/mol. The second kappa shape index (κ2) is 4.83. The van der Waals surface area contributed by atoms with Crippen molar-refractivity contribution in [2.45, 2.75) is 6.42 Å². The summed E-state index contributed by atoms with van der Waals surface area (Å²) in [5, 5.41) is 0. The molecule has 0 saturated carbocycles.